The highest BCUT2D eigenvalue weighted by Gasteiger charge is 2.39. The van der Waals surface area contributed by atoms with Crippen molar-refractivity contribution >= 4 is 23.8 Å². The van der Waals surface area contributed by atoms with Gasteiger partial charge in [0.2, 0.25) is 0 Å². The van der Waals surface area contributed by atoms with Gasteiger partial charge in [0.15, 0.2) is 0 Å². The molecule has 2 amide bonds. The molecule has 2 atom stereocenters. The monoisotopic (exact) mass is 374 g/mol. The number of amides is 2. The first-order valence-corrected chi connectivity index (χ1v) is 8.82. The standard InChI is InChI=1S/C19H22N2O6/c1-26-18(24)12-7-8-15(19(25)27-2)20(11-12)9-10-21-16(22)13-5-3-4-6-14(13)17(21)23/h3-6,12,15H,7-11H2,1-2H3/t12-,15+/m1/s1. The fourth-order valence-electron chi connectivity index (χ4n) is 3.72. The van der Waals surface area contributed by atoms with Gasteiger partial charge in [-0.15, -0.1) is 0 Å². The molecule has 1 saturated heterocycles. The second-order valence-electron chi connectivity index (χ2n) is 6.64. The Morgan fingerprint density at radius 1 is 0.963 bits per heavy atom. The first-order chi connectivity index (χ1) is 13.0. The molecule has 1 aromatic carbocycles. The molecule has 0 spiro atoms. The van der Waals surface area contributed by atoms with E-state index in [2.05, 4.69) is 0 Å². The number of likely N-dealkylation sites (tertiary alicyclic amines) is 1. The van der Waals surface area contributed by atoms with Crippen molar-refractivity contribution in [3.05, 3.63) is 35.4 Å². The Hall–Kier alpha value is -2.74. The average molecular weight is 374 g/mol. The number of hydrogen-bond donors (Lipinski definition) is 0. The molecule has 0 unspecified atom stereocenters. The van der Waals surface area contributed by atoms with Crippen molar-refractivity contribution in [1.82, 2.24) is 9.80 Å². The van der Waals surface area contributed by atoms with E-state index < -0.39 is 6.04 Å². The highest BCUT2D eigenvalue weighted by Crippen LogP contribution is 2.26. The Morgan fingerprint density at radius 2 is 1.56 bits per heavy atom. The number of esters is 2. The highest BCUT2D eigenvalue weighted by molar-refractivity contribution is 6.21. The lowest BCUT2D eigenvalue weighted by Crippen LogP contribution is -2.52. The summed E-state index contributed by atoms with van der Waals surface area (Å²) in [5, 5.41) is 0. The SMILES string of the molecule is COC(=O)[C@@H]1CC[C@@H](C(=O)OC)N(CCN2C(=O)c3ccccc3C2=O)C1. The normalized spacial score (nSPS) is 22.5. The smallest absolute Gasteiger partial charge is 0.323 e. The first-order valence-electron chi connectivity index (χ1n) is 8.82. The minimum atomic E-state index is -0.508. The summed E-state index contributed by atoms with van der Waals surface area (Å²) in [7, 11) is 2.65. The van der Waals surface area contributed by atoms with E-state index in [0.29, 0.717) is 30.5 Å². The van der Waals surface area contributed by atoms with Gasteiger partial charge in [0.25, 0.3) is 11.8 Å². The van der Waals surface area contributed by atoms with Crippen LogP contribution in [0.3, 0.4) is 0 Å². The van der Waals surface area contributed by atoms with Crippen molar-refractivity contribution in [3.63, 3.8) is 0 Å². The molecule has 144 valence electrons. The van der Waals surface area contributed by atoms with E-state index >= 15 is 0 Å². The Kier molecular flexibility index (Phi) is 5.55. The zero-order valence-corrected chi connectivity index (χ0v) is 15.3. The van der Waals surface area contributed by atoms with Crippen LogP contribution in [0.25, 0.3) is 0 Å². The second-order valence-corrected chi connectivity index (χ2v) is 6.64. The highest BCUT2D eigenvalue weighted by atomic mass is 16.5. The number of nitrogens with zero attached hydrogens (tertiary/aromatic N) is 2. The number of carbonyl (C=O) groups excluding carboxylic acids is 4. The second kappa shape index (κ2) is 7.87. The van der Waals surface area contributed by atoms with Crippen LogP contribution in [0.2, 0.25) is 0 Å². The van der Waals surface area contributed by atoms with Gasteiger partial charge in [-0.2, -0.15) is 0 Å². The van der Waals surface area contributed by atoms with Crippen LogP contribution in [-0.2, 0) is 19.1 Å². The van der Waals surface area contributed by atoms with Gasteiger partial charge in [0, 0.05) is 19.6 Å². The first kappa shape index (κ1) is 19.0. The number of piperidine rings is 1. The van der Waals surface area contributed by atoms with Crippen molar-refractivity contribution in [3.8, 4) is 0 Å². The molecule has 0 aliphatic carbocycles. The van der Waals surface area contributed by atoms with Crippen molar-refractivity contribution in [2.24, 2.45) is 5.92 Å². The summed E-state index contributed by atoms with van der Waals surface area (Å²) in [6.45, 7) is 0.724. The van der Waals surface area contributed by atoms with Gasteiger partial charge in [-0.25, -0.2) is 0 Å². The summed E-state index contributed by atoms with van der Waals surface area (Å²) in [5.41, 5.74) is 0.774. The Bertz CT molecular complexity index is 742. The summed E-state index contributed by atoms with van der Waals surface area (Å²) in [6, 6.07) is 6.17. The number of rotatable bonds is 5. The van der Waals surface area contributed by atoms with Crippen LogP contribution in [0.15, 0.2) is 24.3 Å². The maximum Gasteiger partial charge on any atom is 0.323 e. The third-order valence-corrected chi connectivity index (χ3v) is 5.18. The molecule has 0 saturated carbocycles. The Morgan fingerprint density at radius 3 is 2.11 bits per heavy atom. The predicted octanol–water partition coefficient (Wildman–Crippen LogP) is 0.709. The molecule has 8 nitrogen and oxygen atoms in total. The zero-order chi connectivity index (χ0) is 19.6. The van der Waals surface area contributed by atoms with E-state index in [1.807, 2.05) is 0 Å². The number of carbonyl (C=O) groups is 4. The number of benzene rings is 1. The van der Waals surface area contributed by atoms with Gasteiger partial charge in [-0.1, -0.05) is 12.1 Å². The van der Waals surface area contributed by atoms with Gasteiger partial charge < -0.3 is 9.47 Å². The Labute approximate surface area is 157 Å². The molecule has 0 radical (unpaired) electrons. The molecule has 27 heavy (non-hydrogen) atoms. The lowest BCUT2D eigenvalue weighted by molar-refractivity contribution is -0.155. The maximum atomic E-state index is 12.5. The van der Waals surface area contributed by atoms with Gasteiger partial charge in [-0.05, 0) is 25.0 Å². The third-order valence-electron chi connectivity index (χ3n) is 5.18. The van der Waals surface area contributed by atoms with Crippen LogP contribution in [0.4, 0.5) is 0 Å². The van der Waals surface area contributed by atoms with Crippen LogP contribution in [0.5, 0.6) is 0 Å². The number of ether oxygens (including phenoxy) is 2. The summed E-state index contributed by atoms with van der Waals surface area (Å²) in [4.78, 5) is 51.9. The molecular weight excluding hydrogens is 352 g/mol. The van der Waals surface area contributed by atoms with Gasteiger partial charge in [-0.3, -0.25) is 29.0 Å². The summed E-state index contributed by atoms with van der Waals surface area (Å²) in [6.07, 6.45) is 0.977. The molecule has 2 aliphatic heterocycles. The molecule has 8 heteroatoms. The van der Waals surface area contributed by atoms with Crippen molar-refractivity contribution in [2.45, 2.75) is 18.9 Å². The van der Waals surface area contributed by atoms with E-state index in [1.165, 1.54) is 19.1 Å². The molecule has 3 rings (SSSR count). The maximum absolute atomic E-state index is 12.5. The molecule has 0 bridgehead atoms. The number of imide groups is 1. The van der Waals surface area contributed by atoms with E-state index in [-0.39, 0.29) is 42.8 Å². The van der Waals surface area contributed by atoms with Crippen LogP contribution >= 0.6 is 0 Å². The Balaban J connectivity index is 1.71. The lowest BCUT2D eigenvalue weighted by atomic mass is 9.92. The molecule has 2 aliphatic rings. The summed E-state index contributed by atoms with van der Waals surface area (Å²) >= 11 is 0. The number of fused-ring (bicyclic) bond motifs is 1. The van der Waals surface area contributed by atoms with Crippen LogP contribution in [-0.4, -0.2) is 73.4 Å². The van der Waals surface area contributed by atoms with Gasteiger partial charge >= 0.3 is 11.9 Å². The van der Waals surface area contributed by atoms with Crippen LogP contribution in [0.1, 0.15) is 33.6 Å². The van der Waals surface area contributed by atoms with Crippen molar-refractivity contribution < 1.29 is 28.7 Å². The van der Waals surface area contributed by atoms with Gasteiger partial charge in [0.05, 0.1) is 31.3 Å². The molecule has 0 N–H and O–H groups in total. The summed E-state index contributed by atoms with van der Waals surface area (Å²) < 4.78 is 9.68. The minimum Gasteiger partial charge on any atom is -0.469 e. The number of methoxy groups -OCH3 is 2. The minimum absolute atomic E-state index is 0.133. The van der Waals surface area contributed by atoms with Crippen LogP contribution < -0.4 is 0 Å². The van der Waals surface area contributed by atoms with Gasteiger partial charge in [0.1, 0.15) is 6.04 Å². The van der Waals surface area contributed by atoms with E-state index in [4.69, 9.17) is 9.47 Å². The van der Waals surface area contributed by atoms with Crippen molar-refractivity contribution in [1.29, 1.82) is 0 Å². The average Bonchev–Trinajstić information content (AvgIpc) is 2.95. The summed E-state index contributed by atoms with van der Waals surface area (Å²) in [5.74, 6) is -1.75. The van der Waals surface area contributed by atoms with Crippen molar-refractivity contribution in [2.75, 3.05) is 33.9 Å². The topological polar surface area (TPSA) is 93.2 Å². The van der Waals surface area contributed by atoms with E-state index in [0.717, 1.165) is 0 Å². The fourth-order valence-corrected chi connectivity index (χ4v) is 3.72. The quantitative estimate of drug-likeness (QED) is 0.553. The predicted molar refractivity (Wildman–Crippen MR) is 93.9 cm³/mol. The molecule has 1 aromatic rings. The lowest BCUT2D eigenvalue weighted by Gasteiger charge is -2.37. The zero-order valence-electron chi connectivity index (χ0n) is 15.3. The van der Waals surface area contributed by atoms with E-state index in [1.54, 1.807) is 29.2 Å². The van der Waals surface area contributed by atoms with E-state index in [9.17, 15) is 19.2 Å². The molecule has 1 fully saturated rings. The largest absolute Gasteiger partial charge is 0.469 e. The molecule has 0 aromatic heterocycles. The van der Waals surface area contributed by atoms with Crippen LogP contribution in [0, 0.1) is 5.92 Å². The molecule has 2 heterocycles. The third kappa shape index (κ3) is 3.57. The fraction of sp³-hybridized carbons (Fsp3) is 0.474. The number of hydrogen-bond acceptors (Lipinski definition) is 7. The molecular formula is C19H22N2O6.